The molecule has 0 aliphatic rings. The fraction of sp³-hybridized carbons (Fsp3) is 0.375. The smallest absolute Gasteiger partial charge is 0.333 e. The van der Waals surface area contributed by atoms with Crippen LogP contribution in [0.4, 0.5) is 5.95 Å². The van der Waals surface area contributed by atoms with Gasteiger partial charge in [-0.2, -0.15) is 13.4 Å². The lowest BCUT2D eigenvalue weighted by Gasteiger charge is -2.05. The maximum absolute atomic E-state index is 11.5. The van der Waals surface area contributed by atoms with Crippen molar-refractivity contribution >= 4 is 27.4 Å². The second kappa shape index (κ2) is 5.54. The Kier molecular flexibility index (Phi) is 3.99. The number of nitrogens with zero attached hydrogens (tertiary/aromatic N) is 3. The summed E-state index contributed by atoms with van der Waals surface area (Å²) >= 11 is 0. The zero-order valence-corrected chi connectivity index (χ0v) is 11.0. The van der Waals surface area contributed by atoms with Gasteiger partial charge in [-0.3, -0.25) is 18.5 Å². The molecule has 0 aliphatic carbocycles. The zero-order chi connectivity index (χ0) is 14.8. The van der Waals surface area contributed by atoms with Gasteiger partial charge in [-0.1, -0.05) is 0 Å². The van der Waals surface area contributed by atoms with Gasteiger partial charge >= 0.3 is 10.3 Å². The number of imidazole rings is 1. The molecular weight excluding hydrogens is 292 g/mol. The molecule has 0 spiro atoms. The third-order valence-corrected chi connectivity index (χ3v) is 2.69. The second-order valence-electron chi connectivity index (χ2n) is 3.69. The Balaban J connectivity index is 1.99. The van der Waals surface area contributed by atoms with E-state index in [0.717, 1.165) is 0 Å². The van der Waals surface area contributed by atoms with Gasteiger partial charge in [-0.05, 0) is 0 Å². The van der Waals surface area contributed by atoms with Crippen molar-refractivity contribution in [1.82, 2.24) is 19.5 Å². The number of nitrogens with two attached hydrogens (primary N) is 2. The van der Waals surface area contributed by atoms with Crippen LogP contribution in [0.1, 0.15) is 0 Å². The summed E-state index contributed by atoms with van der Waals surface area (Å²) in [6.45, 7) is -0.239. The normalized spacial score (nSPS) is 12.1. The lowest BCUT2D eigenvalue weighted by atomic mass is 10.5. The van der Waals surface area contributed by atoms with Gasteiger partial charge in [0.1, 0.15) is 6.73 Å². The summed E-state index contributed by atoms with van der Waals surface area (Å²) in [7, 11) is -3.98. The predicted molar refractivity (Wildman–Crippen MR) is 67.6 cm³/mol. The first-order chi connectivity index (χ1) is 9.37. The highest BCUT2D eigenvalue weighted by Crippen LogP contribution is 2.06. The minimum absolute atomic E-state index is 0.000369. The zero-order valence-electron chi connectivity index (χ0n) is 10.1. The monoisotopic (exact) mass is 304 g/mol. The molecular formula is C8H12N6O5S. The van der Waals surface area contributed by atoms with E-state index in [0.29, 0.717) is 0 Å². The average Bonchev–Trinajstić information content (AvgIpc) is 2.70. The molecule has 0 radical (unpaired) electrons. The Bertz CT molecular complexity index is 765. The highest BCUT2D eigenvalue weighted by atomic mass is 32.2. The standard InChI is InChI=1S/C8H12N6O5S/c9-8-12-6-5(7(15)13-8)11-3-14(6)4-18-1-2-19-20(10,16)17/h3H,1-2,4H2,(H2,10,16,17)(H3,9,12,13,15). The number of nitrogens with one attached hydrogen (secondary N) is 1. The number of nitrogen functional groups attached to an aromatic ring is 1. The molecule has 0 fully saturated rings. The van der Waals surface area contributed by atoms with Crippen molar-refractivity contribution in [1.29, 1.82) is 0 Å². The molecule has 0 unspecified atom stereocenters. The van der Waals surface area contributed by atoms with E-state index < -0.39 is 15.9 Å². The quantitative estimate of drug-likeness (QED) is 0.509. The topological polar surface area (TPSA) is 168 Å². The van der Waals surface area contributed by atoms with Crippen LogP contribution < -0.4 is 16.4 Å². The number of aromatic amines is 1. The fourth-order valence-electron chi connectivity index (χ4n) is 1.44. The van der Waals surface area contributed by atoms with E-state index in [2.05, 4.69) is 24.3 Å². The summed E-state index contributed by atoms with van der Waals surface area (Å²) in [6, 6.07) is 0. The van der Waals surface area contributed by atoms with Gasteiger partial charge in [-0.25, -0.2) is 10.1 Å². The molecule has 0 saturated heterocycles. The van der Waals surface area contributed by atoms with Gasteiger partial charge in [0.15, 0.2) is 11.2 Å². The summed E-state index contributed by atoms with van der Waals surface area (Å²) in [4.78, 5) is 21.6. The van der Waals surface area contributed by atoms with Gasteiger partial charge in [0, 0.05) is 0 Å². The average molecular weight is 304 g/mol. The molecule has 20 heavy (non-hydrogen) atoms. The van der Waals surface area contributed by atoms with Crippen LogP contribution >= 0.6 is 0 Å². The minimum atomic E-state index is -3.98. The third kappa shape index (κ3) is 3.51. The maximum atomic E-state index is 11.5. The predicted octanol–water partition coefficient (Wildman–Crippen LogP) is -2.10. The number of ether oxygens (including phenoxy) is 1. The first-order valence-electron chi connectivity index (χ1n) is 5.32. The Morgan fingerprint density at radius 2 is 2.15 bits per heavy atom. The highest BCUT2D eigenvalue weighted by molar-refractivity contribution is 7.84. The van der Waals surface area contributed by atoms with Crippen molar-refractivity contribution in [3.63, 3.8) is 0 Å². The van der Waals surface area contributed by atoms with Crippen LogP contribution in [0.3, 0.4) is 0 Å². The van der Waals surface area contributed by atoms with Crippen molar-refractivity contribution in [2.45, 2.75) is 6.73 Å². The van der Waals surface area contributed by atoms with E-state index in [9.17, 15) is 13.2 Å². The Morgan fingerprint density at radius 3 is 2.85 bits per heavy atom. The van der Waals surface area contributed by atoms with E-state index in [1.165, 1.54) is 10.9 Å². The molecule has 0 aliphatic heterocycles. The van der Waals surface area contributed by atoms with Crippen LogP contribution in [0.25, 0.3) is 11.2 Å². The molecule has 2 aromatic rings. The van der Waals surface area contributed by atoms with E-state index in [-0.39, 0.29) is 37.1 Å². The van der Waals surface area contributed by atoms with Crippen LogP contribution in [0.5, 0.6) is 0 Å². The summed E-state index contributed by atoms with van der Waals surface area (Å²) in [5.41, 5.74) is 5.36. The molecule has 110 valence electrons. The lowest BCUT2D eigenvalue weighted by Crippen LogP contribution is -2.19. The first kappa shape index (κ1) is 14.4. The third-order valence-electron chi connectivity index (χ3n) is 2.20. The van der Waals surface area contributed by atoms with E-state index in [1.807, 2.05) is 0 Å². The largest absolute Gasteiger partial charge is 0.369 e. The second-order valence-corrected chi connectivity index (χ2v) is 4.91. The van der Waals surface area contributed by atoms with Gasteiger partial charge in [0.2, 0.25) is 5.95 Å². The molecule has 0 amide bonds. The van der Waals surface area contributed by atoms with Crippen LogP contribution in [-0.2, 0) is 26.0 Å². The number of fused-ring (bicyclic) bond motifs is 1. The molecule has 0 saturated carbocycles. The first-order valence-corrected chi connectivity index (χ1v) is 6.79. The van der Waals surface area contributed by atoms with Crippen molar-refractivity contribution in [3.8, 4) is 0 Å². The Labute approximate surface area is 112 Å². The molecule has 11 nitrogen and oxygen atoms in total. The molecule has 2 rings (SSSR count). The van der Waals surface area contributed by atoms with E-state index in [1.54, 1.807) is 0 Å². The number of rotatable bonds is 6. The number of H-pyrrole nitrogens is 1. The molecule has 0 bridgehead atoms. The molecule has 5 N–H and O–H groups in total. The van der Waals surface area contributed by atoms with Gasteiger partial charge in [0.05, 0.1) is 19.5 Å². The number of anilines is 1. The van der Waals surface area contributed by atoms with Crippen molar-refractivity contribution in [2.24, 2.45) is 5.14 Å². The maximum Gasteiger partial charge on any atom is 0.333 e. The molecule has 2 heterocycles. The number of hydrogen-bond donors (Lipinski definition) is 3. The highest BCUT2D eigenvalue weighted by Gasteiger charge is 2.09. The Hall–Kier alpha value is -2.02. The van der Waals surface area contributed by atoms with Gasteiger partial charge in [-0.15, -0.1) is 0 Å². The summed E-state index contributed by atoms with van der Waals surface area (Å²) in [5, 5.41) is 4.64. The number of aromatic nitrogens is 4. The summed E-state index contributed by atoms with van der Waals surface area (Å²) in [5.74, 6) is -0.0400. The minimum Gasteiger partial charge on any atom is -0.369 e. The van der Waals surface area contributed by atoms with Crippen molar-refractivity contribution in [2.75, 3.05) is 18.9 Å². The Morgan fingerprint density at radius 1 is 1.40 bits per heavy atom. The lowest BCUT2D eigenvalue weighted by molar-refractivity contribution is 0.0570. The van der Waals surface area contributed by atoms with Crippen LogP contribution in [0.15, 0.2) is 11.1 Å². The van der Waals surface area contributed by atoms with E-state index >= 15 is 0 Å². The molecule has 0 aromatic carbocycles. The van der Waals surface area contributed by atoms with Crippen LogP contribution in [-0.4, -0.2) is 41.2 Å². The molecule has 2 aromatic heterocycles. The van der Waals surface area contributed by atoms with E-state index in [4.69, 9.17) is 10.5 Å². The van der Waals surface area contributed by atoms with Crippen molar-refractivity contribution in [3.05, 3.63) is 16.7 Å². The van der Waals surface area contributed by atoms with Crippen LogP contribution in [0.2, 0.25) is 0 Å². The van der Waals surface area contributed by atoms with Crippen molar-refractivity contribution < 1.29 is 17.3 Å². The molecule has 12 heteroatoms. The SMILES string of the molecule is Nc1nc2c(ncn2COCCOS(N)(=O)=O)c(=O)[nH]1. The van der Waals surface area contributed by atoms with Gasteiger partial charge in [0.25, 0.3) is 5.56 Å². The summed E-state index contributed by atoms with van der Waals surface area (Å²) < 4.78 is 31.9. The number of hydrogen-bond acceptors (Lipinski definition) is 8. The van der Waals surface area contributed by atoms with Crippen LogP contribution in [0, 0.1) is 0 Å². The fourth-order valence-corrected chi connectivity index (χ4v) is 1.74. The van der Waals surface area contributed by atoms with Gasteiger partial charge < -0.3 is 10.5 Å². The molecule has 0 atom stereocenters. The summed E-state index contributed by atoms with van der Waals surface area (Å²) in [6.07, 6.45) is 1.35.